The number of aryl methyl sites for hydroxylation is 1. The summed E-state index contributed by atoms with van der Waals surface area (Å²) in [5.41, 5.74) is 6.45. The molecule has 6 rings (SSSR count). The molecular weight excluding hydrogens is 669 g/mol. The summed E-state index contributed by atoms with van der Waals surface area (Å²) in [6.07, 6.45) is -0.0155. The maximum absolute atomic E-state index is 12.9. The highest BCUT2D eigenvalue weighted by Crippen LogP contribution is 2.40. The van der Waals surface area contributed by atoms with Crippen molar-refractivity contribution in [3.05, 3.63) is 131 Å². The Morgan fingerprint density at radius 1 is 0.941 bits per heavy atom. The van der Waals surface area contributed by atoms with E-state index in [0.717, 1.165) is 38.9 Å². The van der Waals surface area contributed by atoms with Crippen LogP contribution >= 0.6 is 11.8 Å². The van der Waals surface area contributed by atoms with E-state index < -0.39 is 24.3 Å². The van der Waals surface area contributed by atoms with E-state index in [1.165, 1.54) is 18.9 Å². The Morgan fingerprint density at radius 2 is 1.67 bits per heavy atom. The lowest BCUT2D eigenvalue weighted by molar-refractivity contribution is -0.245. The summed E-state index contributed by atoms with van der Waals surface area (Å²) >= 11 is 1.53. The fourth-order valence-electron chi connectivity index (χ4n) is 5.88. The topological polar surface area (TPSA) is 150 Å². The number of carbonyl (C=O) groups is 2. The Kier molecular flexibility index (Phi) is 12.1. The zero-order chi connectivity index (χ0) is 35.6. The smallest absolute Gasteiger partial charge is 0.328 e. The van der Waals surface area contributed by atoms with Gasteiger partial charge >= 0.3 is 12.0 Å². The summed E-state index contributed by atoms with van der Waals surface area (Å²) in [4.78, 5) is 25.4. The van der Waals surface area contributed by atoms with Crippen molar-refractivity contribution in [3.63, 3.8) is 0 Å². The number of rotatable bonds is 13. The van der Waals surface area contributed by atoms with E-state index >= 15 is 0 Å². The van der Waals surface area contributed by atoms with E-state index in [2.05, 4.69) is 26.2 Å². The SMILES string of the molecule is COC(=O)[C@H](Cc1ccccc1)NC(=O)NCc1ccccc1-c1ccc([C@@H]2O[C@H](CSc3nnnn3C)C[C@H](c3ccc(CO)cc3)O2)cc1. The number of carbonyl (C=O) groups excluding carboxylic acids is 2. The summed E-state index contributed by atoms with van der Waals surface area (Å²) in [7, 11) is 3.11. The Labute approximate surface area is 300 Å². The number of benzene rings is 4. The number of hydrogen-bond donors (Lipinski definition) is 3. The lowest BCUT2D eigenvalue weighted by Crippen LogP contribution is -2.47. The summed E-state index contributed by atoms with van der Waals surface area (Å²) in [6, 6.07) is 31.8. The Morgan fingerprint density at radius 3 is 2.37 bits per heavy atom. The van der Waals surface area contributed by atoms with Crippen LogP contribution in [0.1, 0.15) is 46.6 Å². The Hall–Kier alpha value is -5.08. The van der Waals surface area contributed by atoms with E-state index in [-0.39, 0.29) is 25.4 Å². The maximum Gasteiger partial charge on any atom is 0.328 e. The van der Waals surface area contributed by atoms with Gasteiger partial charge in [0.25, 0.3) is 0 Å². The molecular formula is C38H40N6O6S. The van der Waals surface area contributed by atoms with Crippen molar-refractivity contribution in [1.82, 2.24) is 30.8 Å². The van der Waals surface area contributed by atoms with Gasteiger partial charge in [-0.25, -0.2) is 14.3 Å². The number of amides is 2. The van der Waals surface area contributed by atoms with E-state index in [1.54, 1.807) is 11.7 Å². The number of aliphatic hydroxyl groups excluding tert-OH is 1. The van der Waals surface area contributed by atoms with Crippen molar-refractivity contribution in [2.45, 2.75) is 55.7 Å². The van der Waals surface area contributed by atoms with Crippen LogP contribution in [0.3, 0.4) is 0 Å². The molecule has 1 aromatic heterocycles. The van der Waals surface area contributed by atoms with Gasteiger partial charge in [0.1, 0.15) is 6.04 Å². The minimum atomic E-state index is -0.828. The van der Waals surface area contributed by atoms with E-state index in [9.17, 15) is 14.7 Å². The van der Waals surface area contributed by atoms with Crippen LogP contribution in [0.5, 0.6) is 0 Å². The van der Waals surface area contributed by atoms with E-state index in [4.69, 9.17) is 14.2 Å². The lowest BCUT2D eigenvalue weighted by Gasteiger charge is -2.36. The third-order valence-corrected chi connectivity index (χ3v) is 9.76. The molecule has 0 saturated carbocycles. The number of aliphatic hydroxyl groups is 1. The van der Waals surface area contributed by atoms with Crippen LogP contribution in [0.15, 0.2) is 108 Å². The lowest BCUT2D eigenvalue weighted by atomic mass is 9.98. The average Bonchev–Trinajstić information content (AvgIpc) is 3.60. The molecule has 2 amide bonds. The zero-order valence-electron chi connectivity index (χ0n) is 28.3. The summed E-state index contributed by atoms with van der Waals surface area (Å²) in [5.74, 6) is 0.122. The fourth-order valence-corrected chi connectivity index (χ4v) is 6.75. The third kappa shape index (κ3) is 9.38. The molecule has 1 saturated heterocycles. The van der Waals surface area contributed by atoms with E-state index in [0.29, 0.717) is 23.8 Å². The Balaban J connectivity index is 1.13. The van der Waals surface area contributed by atoms with Crippen LogP contribution in [-0.2, 0) is 45.6 Å². The number of methoxy groups -OCH3 is 1. The maximum atomic E-state index is 12.9. The van der Waals surface area contributed by atoms with Crippen LogP contribution in [0, 0.1) is 0 Å². The molecule has 4 aromatic carbocycles. The molecule has 0 radical (unpaired) electrons. The fraction of sp³-hybridized carbons (Fsp3) is 0.289. The second-order valence-corrected chi connectivity index (χ2v) is 13.1. The number of thioether (sulfide) groups is 1. The number of aromatic nitrogens is 4. The molecule has 1 aliphatic rings. The highest BCUT2D eigenvalue weighted by atomic mass is 32.2. The predicted octanol–water partition coefficient (Wildman–Crippen LogP) is 5.29. The normalized spacial score (nSPS) is 17.7. The number of nitrogens with one attached hydrogen (secondary N) is 2. The van der Waals surface area contributed by atoms with Crippen LogP contribution in [0.4, 0.5) is 4.79 Å². The first-order chi connectivity index (χ1) is 24.9. The zero-order valence-corrected chi connectivity index (χ0v) is 29.2. The molecule has 0 unspecified atom stereocenters. The van der Waals surface area contributed by atoms with Gasteiger partial charge in [-0.15, -0.1) is 5.10 Å². The van der Waals surface area contributed by atoms with Crippen molar-refractivity contribution in [3.8, 4) is 11.1 Å². The molecule has 4 atom stereocenters. The average molecular weight is 709 g/mol. The molecule has 13 heteroatoms. The predicted molar refractivity (Wildman–Crippen MR) is 191 cm³/mol. The molecule has 5 aromatic rings. The van der Waals surface area contributed by atoms with Crippen molar-refractivity contribution in [2.24, 2.45) is 7.05 Å². The number of hydrogen-bond acceptors (Lipinski definition) is 10. The number of urea groups is 1. The largest absolute Gasteiger partial charge is 0.467 e. The number of nitrogens with zero attached hydrogens (tertiary/aromatic N) is 4. The summed E-state index contributed by atoms with van der Waals surface area (Å²) in [6.45, 7) is 0.223. The quantitative estimate of drug-likeness (QED) is 0.109. The molecule has 0 aliphatic carbocycles. The van der Waals surface area contributed by atoms with Gasteiger partial charge < -0.3 is 30.0 Å². The minimum Gasteiger partial charge on any atom is -0.467 e. The molecule has 264 valence electrons. The number of esters is 1. The first-order valence-corrected chi connectivity index (χ1v) is 17.6. The molecule has 1 aliphatic heterocycles. The first kappa shape index (κ1) is 35.7. The first-order valence-electron chi connectivity index (χ1n) is 16.6. The Bertz CT molecular complexity index is 1890. The number of tetrazole rings is 1. The molecule has 51 heavy (non-hydrogen) atoms. The minimum absolute atomic E-state index is 0.0219. The van der Waals surface area contributed by atoms with Gasteiger partial charge in [0.15, 0.2) is 6.29 Å². The molecule has 3 N–H and O–H groups in total. The van der Waals surface area contributed by atoms with Gasteiger partial charge in [0, 0.05) is 37.8 Å². The molecule has 12 nitrogen and oxygen atoms in total. The van der Waals surface area contributed by atoms with Gasteiger partial charge in [-0.1, -0.05) is 115 Å². The van der Waals surface area contributed by atoms with Gasteiger partial charge in [-0.3, -0.25) is 0 Å². The molecule has 0 spiro atoms. The van der Waals surface area contributed by atoms with E-state index in [1.807, 2.05) is 103 Å². The van der Waals surface area contributed by atoms with Crippen molar-refractivity contribution < 1.29 is 28.9 Å². The molecule has 2 heterocycles. The molecule has 0 bridgehead atoms. The summed E-state index contributed by atoms with van der Waals surface area (Å²) < 4.78 is 19.6. The van der Waals surface area contributed by atoms with Crippen LogP contribution < -0.4 is 10.6 Å². The summed E-state index contributed by atoms with van der Waals surface area (Å²) in [5, 5.41) is 27.6. The molecule has 1 fully saturated rings. The van der Waals surface area contributed by atoms with Crippen LogP contribution in [0.25, 0.3) is 11.1 Å². The van der Waals surface area contributed by atoms with Crippen molar-refractivity contribution in [1.29, 1.82) is 0 Å². The second kappa shape index (κ2) is 17.2. The highest BCUT2D eigenvalue weighted by molar-refractivity contribution is 7.99. The monoisotopic (exact) mass is 708 g/mol. The van der Waals surface area contributed by atoms with Gasteiger partial charge in [-0.05, 0) is 43.8 Å². The van der Waals surface area contributed by atoms with Gasteiger partial charge in [-0.2, -0.15) is 0 Å². The number of ether oxygens (including phenoxy) is 3. The van der Waals surface area contributed by atoms with Crippen LogP contribution in [-0.4, -0.2) is 62.3 Å². The third-order valence-electron chi connectivity index (χ3n) is 8.62. The van der Waals surface area contributed by atoms with Gasteiger partial charge in [0.2, 0.25) is 5.16 Å². The standard InChI is InChI=1S/C38H40N6O6S/c1-44-38(41-42-43-44)51-24-31-21-34(28-14-12-26(23-45)13-15-28)50-36(49-31)29-18-16-27(17-19-29)32-11-7-6-10-30(32)22-39-37(47)40-33(35(46)48-2)20-25-8-4-3-5-9-25/h3-19,31,33-34,36,45H,20-24H2,1-2H3,(H2,39,40,47)/t31-,33-,34+,36+/m0/s1. The van der Waals surface area contributed by atoms with Crippen molar-refractivity contribution >= 4 is 23.8 Å². The van der Waals surface area contributed by atoms with Crippen LogP contribution in [0.2, 0.25) is 0 Å². The van der Waals surface area contributed by atoms with Gasteiger partial charge in [0.05, 0.1) is 25.9 Å². The highest BCUT2D eigenvalue weighted by Gasteiger charge is 2.32. The second-order valence-electron chi connectivity index (χ2n) is 12.1. The van der Waals surface area contributed by atoms with Crippen molar-refractivity contribution in [2.75, 3.05) is 12.9 Å².